The quantitative estimate of drug-likeness (QED) is 0.758. The van der Waals surface area contributed by atoms with E-state index in [9.17, 15) is 0 Å². The maximum Gasteiger partial charge on any atom is 0.111 e. The Kier molecular flexibility index (Phi) is 2.62. The van der Waals surface area contributed by atoms with E-state index in [1.54, 1.807) is 0 Å². The first-order valence-electron chi connectivity index (χ1n) is 6.24. The van der Waals surface area contributed by atoms with Crippen LogP contribution in [0.5, 0.6) is 0 Å². The van der Waals surface area contributed by atoms with Gasteiger partial charge in [-0.05, 0) is 30.9 Å². The monoisotopic (exact) mass is 248 g/mol. The smallest absolute Gasteiger partial charge is 0.111 e. The summed E-state index contributed by atoms with van der Waals surface area (Å²) in [7, 11) is 0. The number of imidazole rings is 1. The molecule has 0 radical (unpaired) electrons. The summed E-state index contributed by atoms with van der Waals surface area (Å²) >= 11 is 5.88. The number of hydrogen-bond acceptors (Lipinski definition) is 1. The van der Waals surface area contributed by atoms with Gasteiger partial charge >= 0.3 is 0 Å². The van der Waals surface area contributed by atoms with Gasteiger partial charge in [0.15, 0.2) is 0 Å². The molecule has 3 rings (SSSR count). The van der Waals surface area contributed by atoms with E-state index in [0.717, 1.165) is 23.7 Å². The molecule has 2 aromatic rings. The molecule has 2 unspecified atom stereocenters. The molecule has 0 spiro atoms. The van der Waals surface area contributed by atoms with Crippen molar-refractivity contribution < 1.29 is 0 Å². The van der Waals surface area contributed by atoms with Crippen molar-refractivity contribution in [2.24, 2.45) is 5.92 Å². The van der Waals surface area contributed by atoms with E-state index >= 15 is 0 Å². The SMILES string of the molecule is Cc1cccc2nc(CCCl)n(C3CC3C)c12. The maximum absolute atomic E-state index is 5.88. The molecule has 1 aromatic carbocycles. The van der Waals surface area contributed by atoms with Crippen LogP contribution in [0.2, 0.25) is 0 Å². The summed E-state index contributed by atoms with van der Waals surface area (Å²) < 4.78 is 2.43. The predicted octanol–water partition coefficient (Wildman–Crippen LogP) is 3.71. The molecule has 0 aliphatic heterocycles. The van der Waals surface area contributed by atoms with Gasteiger partial charge in [0.25, 0.3) is 0 Å². The van der Waals surface area contributed by atoms with Gasteiger partial charge in [0.05, 0.1) is 11.0 Å². The lowest BCUT2D eigenvalue weighted by atomic mass is 10.2. The van der Waals surface area contributed by atoms with Crippen molar-refractivity contribution in [3.63, 3.8) is 0 Å². The van der Waals surface area contributed by atoms with E-state index in [1.165, 1.54) is 17.5 Å². The summed E-state index contributed by atoms with van der Waals surface area (Å²) in [5.41, 5.74) is 3.74. The van der Waals surface area contributed by atoms with Crippen LogP contribution in [-0.2, 0) is 6.42 Å². The Morgan fingerprint density at radius 2 is 2.24 bits per heavy atom. The summed E-state index contributed by atoms with van der Waals surface area (Å²) in [5.74, 6) is 2.57. The highest BCUT2D eigenvalue weighted by molar-refractivity contribution is 6.17. The summed E-state index contributed by atoms with van der Waals surface area (Å²) in [6, 6.07) is 6.98. The van der Waals surface area contributed by atoms with Gasteiger partial charge in [-0.25, -0.2) is 4.98 Å². The van der Waals surface area contributed by atoms with Crippen molar-refractivity contribution >= 4 is 22.6 Å². The summed E-state index contributed by atoms with van der Waals surface area (Å²) in [4.78, 5) is 4.74. The number of nitrogens with zero attached hydrogens (tertiary/aromatic N) is 2. The molecule has 0 amide bonds. The zero-order valence-electron chi connectivity index (χ0n) is 10.3. The Hall–Kier alpha value is -1.02. The number of benzene rings is 1. The highest BCUT2D eigenvalue weighted by Gasteiger charge is 2.37. The minimum atomic E-state index is 0.638. The van der Waals surface area contributed by atoms with E-state index in [-0.39, 0.29) is 0 Å². The van der Waals surface area contributed by atoms with E-state index in [0.29, 0.717) is 11.9 Å². The van der Waals surface area contributed by atoms with Crippen LogP contribution in [0.1, 0.15) is 30.8 Å². The van der Waals surface area contributed by atoms with Crippen LogP contribution in [-0.4, -0.2) is 15.4 Å². The van der Waals surface area contributed by atoms with Gasteiger partial charge in [0, 0.05) is 18.3 Å². The largest absolute Gasteiger partial charge is 0.324 e. The second kappa shape index (κ2) is 4.02. The number of rotatable bonds is 3. The van der Waals surface area contributed by atoms with Gasteiger partial charge < -0.3 is 4.57 Å². The summed E-state index contributed by atoms with van der Waals surface area (Å²) in [6.45, 7) is 4.47. The third-order valence-electron chi connectivity index (χ3n) is 3.70. The Labute approximate surface area is 107 Å². The van der Waals surface area contributed by atoms with Crippen molar-refractivity contribution in [2.45, 2.75) is 32.7 Å². The average molecular weight is 249 g/mol. The maximum atomic E-state index is 5.88. The van der Waals surface area contributed by atoms with Crippen LogP contribution in [0, 0.1) is 12.8 Å². The molecule has 1 aliphatic rings. The van der Waals surface area contributed by atoms with Crippen molar-refractivity contribution in [3.05, 3.63) is 29.6 Å². The fourth-order valence-electron chi connectivity index (χ4n) is 2.65. The van der Waals surface area contributed by atoms with Crippen LogP contribution in [0.25, 0.3) is 11.0 Å². The standard InChI is InChI=1S/C14H17ClN2/c1-9-4-3-5-11-14(9)17(12-8-10(12)2)13(16-11)6-7-15/h3-5,10,12H,6-8H2,1-2H3. The van der Waals surface area contributed by atoms with Crippen LogP contribution in [0.4, 0.5) is 0 Å². The molecule has 1 fully saturated rings. The van der Waals surface area contributed by atoms with E-state index in [4.69, 9.17) is 16.6 Å². The molecule has 0 N–H and O–H groups in total. The molecule has 17 heavy (non-hydrogen) atoms. The normalized spacial score (nSPS) is 23.2. The molecule has 1 aliphatic carbocycles. The Morgan fingerprint density at radius 1 is 1.47 bits per heavy atom. The average Bonchev–Trinajstić information content (AvgIpc) is 2.88. The zero-order valence-corrected chi connectivity index (χ0v) is 11.0. The molecule has 2 atom stereocenters. The third-order valence-corrected chi connectivity index (χ3v) is 3.89. The minimum Gasteiger partial charge on any atom is -0.324 e. The van der Waals surface area contributed by atoms with Gasteiger partial charge in [-0.2, -0.15) is 0 Å². The Morgan fingerprint density at radius 3 is 2.88 bits per heavy atom. The number of hydrogen-bond donors (Lipinski definition) is 0. The second-order valence-electron chi connectivity index (χ2n) is 5.06. The fraction of sp³-hybridized carbons (Fsp3) is 0.500. The number of aryl methyl sites for hydroxylation is 2. The lowest BCUT2D eigenvalue weighted by Gasteiger charge is -2.08. The van der Waals surface area contributed by atoms with Crippen LogP contribution < -0.4 is 0 Å². The van der Waals surface area contributed by atoms with Crippen molar-refractivity contribution in [1.82, 2.24) is 9.55 Å². The summed E-state index contributed by atoms with van der Waals surface area (Å²) in [5, 5.41) is 0. The van der Waals surface area contributed by atoms with Crippen LogP contribution >= 0.6 is 11.6 Å². The predicted molar refractivity (Wildman–Crippen MR) is 71.7 cm³/mol. The lowest BCUT2D eigenvalue weighted by Crippen LogP contribution is -2.04. The first-order chi connectivity index (χ1) is 8.22. The van der Waals surface area contributed by atoms with E-state index in [1.807, 2.05) is 0 Å². The highest BCUT2D eigenvalue weighted by atomic mass is 35.5. The van der Waals surface area contributed by atoms with E-state index < -0.39 is 0 Å². The number of halogens is 1. The molecule has 1 heterocycles. The van der Waals surface area contributed by atoms with Gasteiger partial charge in [-0.3, -0.25) is 0 Å². The molecule has 0 bridgehead atoms. The minimum absolute atomic E-state index is 0.638. The molecule has 1 aromatic heterocycles. The van der Waals surface area contributed by atoms with Gasteiger partial charge in [0.1, 0.15) is 5.82 Å². The first-order valence-corrected chi connectivity index (χ1v) is 6.78. The molecule has 0 saturated heterocycles. The van der Waals surface area contributed by atoms with Crippen molar-refractivity contribution in [2.75, 3.05) is 5.88 Å². The first kappa shape index (κ1) is 11.1. The lowest BCUT2D eigenvalue weighted by molar-refractivity contribution is 0.664. The molecular formula is C14H17ClN2. The van der Waals surface area contributed by atoms with E-state index in [2.05, 4.69) is 36.6 Å². The van der Waals surface area contributed by atoms with Gasteiger partial charge in [0.2, 0.25) is 0 Å². The Bertz CT molecular complexity index is 559. The van der Waals surface area contributed by atoms with Crippen LogP contribution in [0.15, 0.2) is 18.2 Å². The fourth-order valence-corrected chi connectivity index (χ4v) is 2.82. The summed E-state index contributed by atoms with van der Waals surface area (Å²) in [6.07, 6.45) is 2.13. The topological polar surface area (TPSA) is 17.8 Å². The zero-order chi connectivity index (χ0) is 12.0. The van der Waals surface area contributed by atoms with Crippen molar-refractivity contribution in [3.8, 4) is 0 Å². The molecule has 90 valence electrons. The number of alkyl halides is 1. The number of fused-ring (bicyclic) bond motifs is 1. The van der Waals surface area contributed by atoms with Gasteiger partial charge in [-0.15, -0.1) is 11.6 Å². The molecular weight excluding hydrogens is 232 g/mol. The third kappa shape index (κ3) is 1.75. The van der Waals surface area contributed by atoms with Gasteiger partial charge in [-0.1, -0.05) is 19.1 Å². The molecule has 3 heteroatoms. The highest BCUT2D eigenvalue weighted by Crippen LogP contribution is 2.45. The Balaban J connectivity index is 2.22. The second-order valence-corrected chi connectivity index (χ2v) is 5.44. The number of para-hydroxylation sites is 1. The molecule has 2 nitrogen and oxygen atoms in total. The number of aromatic nitrogens is 2. The molecule has 1 saturated carbocycles. The van der Waals surface area contributed by atoms with Crippen LogP contribution in [0.3, 0.4) is 0 Å². The van der Waals surface area contributed by atoms with Crippen molar-refractivity contribution in [1.29, 1.82) is 0 Å².